The summed E-state index contributed by atoms with van der Waals surface area (Å²) in [6.45, 7) is 2.56. The van der Waals surface area contributed by atoms with E-state index in [-0.39, 0.29) is 17.4 Å². The van der Waals surface area contributed by atoms with Crippen LogP contribution < -0.4 is 20.3 Å². The lowest BCUT2D eigenvalue weighted by Crippen LogP contribution is -2.28. The van der Waals surface area contributed by atoms with Crippen molar-refractivity contribution in [2.75, 3.05) is 18.5 Å². The maximum atomic E-state index is 13.6. The van der Waals surface area contributed by atoms with E-state index in [0.29, 0.717) is 88.6 Å². The standard InChI is InChI=1S/C29H26ClN7O4/c1-16-4-3-5-24(37-15-32-21(12-25(37)38)19-10-18(30)7-6-17(19)13-31)22-11-20(27-29(35-22)41-9-8-40-27)26-23(34-28(16)39)14-33-36(26)2/h6-7,10-12,14-16,24H,3-5,8-9H2,1-2H3,(H,34,39)/t16-,24+/m1/s1. The molecular formula is C29H26ClN7O4. The number of nitrogens with one attached hydrogen (secondary N) is 1. The summed E-state index contributed by atoms with van der Waals surface area (Å²) < 4.78 is 15.1. The Labute approximate surface area is 240 Å². The molecule has 1 aromatic carbocycles. The molecule has 2 atom stereocenters. The minimum absolute atomic E-state index is 0.116. The average molecular weight is 572 g/mol. The highest BCUT2D eigenvalue weighted by Crippen LogP contribution is 2.44. The summed E-state index contributed by atoms with van der Waals surface area (Å²) in [6, 6.07) is 9.71. The third-order valence-corrected chi connectivity index (χ3v) is 7.67. The highest BCUT2D eigenvalue weighted by molar-refractivity contribution is 6.30. The molecule has 2 bridgehead atoms. The highest BCUT2D eigenvalue weighted by atomic mass is 35.5. The Hall–Kier alpha value is -4.69. The van der Waals surface area contributed by atoms with Crippen LogP contribution in [-0.4, -0.2) is 43.4 Å². The number of benzene rings is 1. The quantitative estimate of drug-likeness (QED) is 0.375. The summed E-state index contributed by atoms with van der Waals surface area (Å²) in [4.78, 5) is 36.0. The van der Waals surface area contributed by atoms with Crippen molar-refractivity contribution in [3.05, 3.63) is 69.5 Å². The van der Waals surface area contributed by atoms with Gasteiger partial charge in [-0.25, -0.2) is 9.97 Å². The second-order valence-corrected chi connectivity index (χ2v) is 10.6. The zero-order valence-corrected chi connectivity index (χ0v) is 23.2. The van der Waals surface area contributed by atoms with Gasteiger partial charge >= 0.3 is 0 Å². The molecule has 6 rings (SSSR count). The number of ether oxygens (including phenoxy) is 2. The summed E-state index contributed by atoms with van der Waals surface area (Å²) in [5.74, 6) is 0.378. The van der Waals surface area contributed by atoms with Crippen molar-refractivity contribution in [2.24, 2.45) is 13.0 Å². The minimum Gasteiger partial charge on any atom is -0.484 e. The Morgan fingerprint density at radius 3 is 2.76 bits per heavy atom. The summed E-state index contributed by atoms with van der Waals surface area (Å²) in [5, 5.41) is 17.4. The largest absolute Gasteiger partial charge is 0.484 e. The number of nitriles is 1. The second kappa shape index (κ2) is 10.7. The van der Waals surface area contributed by atoms with Gasteiger partial charge in [-0.2, -0.15) is 10.4 Å². The lowest BCUT2D eigenvalue weighted by atomic mass is 9.96. The van der Waals surface area contributed by atoms with E-state index in [2.05, 4.69) is 21.5 Å². The first-order valence-corrected chi connectivity index (χ1v) is 13.6. The number of hydrogen-bond acceptors (Lipinski definition) is 8. The van der Waals surface area contributed by atoms with Crippen LogP contribution in [0.1, 0.15) is 43.5 Å². The predicted molar refractivity (Wildman–Crippen MR) is 151 cm³/mol. The van der Waals surface area contributed by atoms with E-state index in [1.54, 1.807) is 36.1 Å². The maximum Gasteiger partial charge on any atom is 0.258 e. The average Bonchev–Trinajstić information content (AvgIpc) is 3.33. The van der Waals surface area contributed by atoms with Crippen LogP contribution in [0.4, 0.5) is 5.69 Å². The normalized spacial score (nSPS) is 18.3. The number of hydrogen-bond donors (Lipinski definition) is 1. The van der Waals surface area contributed by atoms with Gasteiger partial charge in [0.15, 0.2) is 5.75 Å². The Morgan fingerprint density at radius 2 is 1.95 bits per heavy atom. The molecule has 2 aliphatic heterocycles. The third kappa shape index (κ3) is 4.91. The molecule has 1 N–H and O–H groups in total. The Bertz CT molecular complexity index is 1770. The van der Waals surface area contributed by atoms with E-state index in [1.165, 1.54) is 17.0 Å². The van der Waals surface area contributed by atoms with Crippen molar-refractivity contribution >= 4 is 23.2 Å². The Balaban J connectivity index is 1.52. The molecule has 12 heteroatoms. The number of aromatic nitrogens is 5. The lowest BCUT2D eigenvalue weighted by molar-refractivity contribution is -0.119. The van der Waals surface area contributed by atoms with Gasteiger partial charge < -0.3 is 14.8 Å². The first kappa shape index (κ1) is 26.5. The van der Waals surface area contributed by atoms with Gasteiger partial charge in [0.2, 0.25) is 5.91 Å². The molecule has 0 saturated carbocycles. The zero-order valence-electron chi connectivity index (χ0n) is 22.4. The smallest absolute Gasteiger partial charge is 0.258 e. The first-order chi connectivity index (χ1) is 19.8. The van der Waals surface area contributed by atoms with Crippen LogP contribution in [0.5, 0.6) is 11.6 Å². The van der Waals surface area contributed by atoms with Crippen molar-refractivity contribution < 1.29 is 14.3 Å². The minimum atomic E-state index is -0.514. The van der Waals surface area contributed by atoms with Gasteiger partial charge in [0.25, 0.3) is 11.4 Å². The van der Waals surface area contributed by atoms with Crippen molar-refractivity contribution in [3.8, 4) is 40.2 Å². The topological polar surface area (TPSA) is 137 Å². The summed E-state index contributed by atoms with van der Waals surface area (Å²) in [6.07, 6.45) is 4.84. The van der Waals surface area contributed by atoms with Gasteiger partial charge in [-0.15, -0.1) is 0 Å². The molecule has 41 heavy (non-hydrogen) atoms. The highest BCUT2D eigenvalue weighted by Gasteiger charge is 2.29. The Morgan fingerprint density at radius 1 is 1.12 bits per heavy atom. The first-order valence-electron chi connectivity index (χ1n) is 13.3. The summed E-state index contributed by atoms with van der Waals surface area (Å²) >= 11 is 6.17. The molecule has 1 amide bonds. The number of fused-ring (bicyclic) bond motifs is 6. The Kier molecular flexibility index (Phi) is 6.93. The number of aryl methyl sites for hydroxylation is 1. The molecule has 208 valence electrons. The number of amides is 1. The molecule has 0 spiro atoms. The van der Waals surface area contributed by atoms with E-state index < -0.39 is 6.04 Å². The summed E-state index contributed by atoms with van der Waals surface area (Å²) in [7, 11) is 1.78. The lowest BCUT2D eigenvalue weighted by Gasteiger charge is -2.26. The fourth-order valence-corrected chi connectivity index (χ4v) is 5.47. The van der Waals surface area contributed by atoms with E-state index in [4.69, 9.17) is 26.1 Å². The van der Waals surface area contributed by atoms with Gasteiger partial charge in [-0.1, -0.05) is 24.9 Å². The predicted octanol–water partition coefficient (Wildman–Crippen LogP) is 4.35. The van der Waals surface area contributed by atoms with Crippen molar-refractivity contribution in [1.82, 2.24) is 24.3 Å². The zero-order chi connectivity index (χ0) is 28.7. The van der Waals surface area contributed by atoms with Gasteiger partial charge in [0.1, 0.15) is 13.2 Å². The fraction of sp³-hybridized carbons (Fsp3) is 0.310. The number of anilines is 1. The maximum absolute atomic E-state index is 13.6. The van der Waals surface area contributed by atoms with E-state index in [9.17, 15) is 14.9 Å². The van der Waals surface area contributed by atoms with Crippen molar-refractivity contribution in [1.29, 1.82) is 5.26 Å². The molecule has 0 radical (unpaired) electrons. The van der Waals surface area contributed by atoms with Crippen molar-refractivity contribution in [2.45, 2.75) is 32.2 Å². The van der Waals surface area contributed by atoms with E-state index >= 15 is 0 Å². The van der Waals surface area contributed by atoms with Gasteiger partial charge in [0, 0.05) is 29.6 Å². The molecule has 4 aromatic rings. The van der Waals surface area contributed by atoms with Gasteiger partial charge in [-0.3, -0.25) is 18.8 Å². The van der Waals surface area contributed by atoms with E-state index in [0.717, 1.165) is 0 Å². The fourth-order valence-electron chi connectivity index (χ4n) is 5.29. The van der Waals surface area contributed by atoms with Crippen LogP contribution in [0, 0.1) is 17.2 Å². The molecule has 2 aliphatic rings. The van der Waals surface area contributed by atoms with Gasteiger partial charge in [0.05, 0.1) is 58.5 Å². The SMILES string of the molecule is C[C@@H]1CCC[C@H](n2cnc(-c3cc(Cl)ccc3C#N)cc2=O)c2cc(c3c(n2)OCCO3)-c2c(cnn2C)NC1=O. The number of pyridine rings is 1. The van der Waals surface area contributed by atoms with Crippen LogP contribution in [0.3, 0.4) is 0 Å². The molecule has 3 aromatic heterocycles. The molecule has 0 aliphatic carbocycles. The van der Waals surface area contributed by atoms with Crippen LogP contribution in [0.2, 0.25) is 5.02 Å². The molecule has 11 nitrogen and oxygen atoms in total. The number of halogens is 1. The summed E-state index contributed by atoms with van der Waals surface area (Å²) in [5.41, 5.74) is 3.30. The van der Waals surface area contributed by atoms with Crippen LogP contribution in [-0.2, 0) is 11.8 Å². The van der Waals surface area contributed by atoms with Crippen LogP contribution in [0.25, 0.3) is 22.5 Å². The monoisotopic (exact) mass is 571 g/mol. The molecule has 0 fully saturated rings. The van der Waals surface area contributed by atoms with Crippen molar-refractivity contribution in [3.63, 3.8) is 0 Å². The van der Waals surface area contributed by atoms with Gasteiger partial charge in [-0.05, 0) is 37.1 Å². The second-order valence-electron chi connectivity index (χ2n) is 10.1. The van der Waals surface area contributed by atoms with Crippen LogP contribution >= 0.6 is 11.6 Å². The third-order valence-electron chi connectivity index (χ3n) is 7.44. The molecule has 0 unspecified atom stereocenters. The number of nitrogens with zero attached hydrogens (tertiary/aromatic N) is 6. The number of carbonyl (C=O) groups excluding carboxylic acids is 1. The molecule has 0 saturated heterocycles. The molecule has 5 heterocycles. The number of carbonyl (C=O) groups is 1. The van der Waals surface area contributed by atoms with E-state index in [1.807, 2.05) is 13.0 Å². The number of rotatable bonds is 2. The molecular weight excluding hydrogens is 546 g/mol. The van der Waals surface area contributed by atoms with Crippen LogP contribution in [0.15, 0.2) is 47.7 Å².